The van der Waals surface area contributed by atoms with Crippen molar-refractivity contribution in [3.8, 4) is 5.75 Å². The van der Waals surface area contributed by atoms with Crippen LogP contribution in [-0.4, -0.2) is 14.4 Å². The van der Waals surface area contributed by atoms with E-state index in [9.17, 15) is 13.2 Å². The lowest BCUT2D eigenvalue weighted by atomic mass is 10.3. The van der Waals surface area contributed by atoms with Gasteiger partial charge in [0.15, 0.2) is 5.75 Å². The van der Waals surface area contributed by atoms with Crippen LogP contribution in [0.4, 0.5) is 0 Å². The molecule has 0 heterocycles. The maximum absolute atomic E-state index is 11.0. The summed E-state index contributed by atoms with van der Waals surface area (Å²) in [7, 11) is 1.24. The first kappa shape index (κ1) is 11.0. The van der Waals surface area contributed by atoms with Crippen LogP contribution in [0.3, 0.4) is 0 Å². The third-order valence-corrected chi connectivity index (χ3v) is 2.73. The number of para-hydroxylation sites is 1. The molecule has 0 aromatic heterocycles. The lowest BCUT2D eigenvalue weighted by molar-refractivity contribution is -0.132. The summed E-state index contributed by atoms with van der Waals surface area (Å²) in [4.78, 5) is 10.4. The molecule has 14 heavy (non-hydrogen) atoms. The maximum atomic E-state index is 11.0. The van der Waals surface area contributed by atoms with Gasteiger partial charge >= 0.3 is 5.97 Å². The van der Waals surface area contributed by atoms with Crippen LogP contribution in [0.1, 0.15) is 6.92 Å². The fraction of sp³-hybridized carbons (Fsp3) is 0.125. The molecule has 0 saturated heterocycles. The lowest BCUT2D eigenvalue weighted by Gasteiger charge is -2.04. The van der Waals surface area contributed by atoms with Crippen molar-refractivity contribution in [2.45, 2.75) is 11.8 Å². The predicted molar refractivity (Wildman–Crippen MR) is 50.8 cm³/mol. The second-order valence-corrected chi connectivity index (χ2v) is 5.01. The molecule has 0 radical (unpaired) electrons. The zero-order valence-electron chi connectivity index (χ0n) is 7.23. The van der Waals surface area contributed by atoms with E-state index in [1.165, 1.54) is 25.1 Å². The number of rotatable bonds is 2. The van der Waals surface area contributed by atoms with Gasteiger partial charge in [0.05, 0.1) is 0 Å². The molecule has 0 aliphatic carbocycles. The Bertz CT molecular complexity index is 452. The van der Waals surface area contributed by atoms with Gasteiger partial charge in [-0.05, 0) is 12.1 Å². The highest BCUT2D eigenvalue weighted by Gasteiger charge is 2.16. The molecule has 0 spiro atoms. The van der Waals surface area contributed by atoms with Crippen molar-refractivity contribution in [1.29, 1.82) is 0 Å². The lowest BCUT2D eigenvalue weighted by Crippen LogP contribution is -2.04. The Hall–Kier alpha value is -1.07. The SMILES string of the molecule is CC(=O)Oc1ccccc1S(=O)(=O)Cl. The number of halogens is 1. The van der Waals surface area contributed by atoms with E-state index in [1.807, 2.05) is 0 Å². The van der Waals surface area contributed by atoms with E-state index in [4.69, 9.17) is 10.7 Å². The smallest absolute Gasteiger partial charge is 0.308 e. The number of carbonyl (C=O) groups is 1. The Morgan fingerprint density at radius 2 is 1.93 bits per heavy atom. The molecule has 4 nitrogen and oxygen atoms in total. The molecule has 1 rings (SSSR count). The van der Waals surface area contributed by atoms with Gasteiger partial charge in [-0.2, -0.15) is 0 Å². The molecule has 0 N–H and O–H groups in total. The van der Waals surface area contributed by atoms with Crippen molar-refractivity contribution in [1.82, 2.24) is 0 Å². The summed E-state index contributed by atoms with van der Waals surface area (Å²) >= 11 is 0. The fourth-order valence-corrected chi connectivity index (χ4v) is 1.86. The zero-order valence-corrected chi connectivity index (χ0v) is 8.80. The fourth-order valence-electron chi connectivity index (χ4n) is 0.891. The van der Waals surface area contributed by atoms with Crippen molar-refractivity contribution >= 4 is 25.7 Å². The molecule has 0 bridgehead atoms. The maximum Gasteiger partial charge on any atom is 0.308 e. The summed E-state index contributed by atoms with van der Waals surface area (Å²) in [6.07, 6.45) is 0. The van der Waals surface area contributed by atoms with E-state index in [1.54, 1.807) is 6.07 Å². The summed E-state index contributed by atoms with van der Waals surface area (Å²) in [5.74, 6) is -0.659. The van der Waals surface area contributed by atoms with Gasteiger partial charge in [-0.25, -0.2) is 8.42 Å². The van der Waals surface area contributed by atoms with Crippen LogP contribution in [0.25, 0.3) is 0 Å². The first-order valence-electron chi connectivity index (χ1n) is 3.63. The second-order valence-electron chi connectivity index (χ2n) is 2.48. The van der Waals surface area contributed by atoms with Crippen LogP contribution in [0, 0.1) is 0 Å². The summed E-state index contributed by atoms with van der Waals surface area (Å²) in [5.41, 5.74) is 0. The number of ether oxygens (including phenoxy) is 1. The predicted octanol–water partition coefficient (Wildman–Crippen LogP) is 1.54. The molecule has 1 aromatic rings. The van der Waals surface area contributed by atoms with E-state index in [0.717, 1.165) is 0 Å². The van der Waals surface area contributed by atoms with Crippen molar-refractivity contribution < 1.29 is 17.9 Å². The number of carbonyl (C=O) groups excluding carboxylic acids is 1. The highest BCUT2D eigenvalue weighted by Crippen LogP contribution is 2.26. The summed E-state index contributed by atoms with van der Waals surface area (Å²) in [5, 5.41) is 0. The summed E-state index contributed by atoms with van der Waals surface area (Å²) < 4.78 is 26.7. The van der Waals surface area contributed by atoms with Gasteiger partial charge in [-0.3, -0.25) is 4.79 Å². The molecule has 6 heteroatoms. The molecule has 0 saturated carbocycles. The van der Waals surface area contributed by atoms with Gasteiger partial charge in [0.2, 0.25) is 0 Å². The van der Waals surface area contributed by atoms with E-state index >= 15 is 0 Å². The van der Waals surface area contributed by atoms with Crippen molar-refractivity contribution in [3.05, 3.63) is 24.3 Å². The van der Waals surface area contributed by atoms with Gasteiger partial charge in [0.1, 0.15) is 4.90 Å². The van der Waals surface area contributed by atoms with Crippen LogP contribution >= 0.6 is 10.7 Å². The molecule has 0 amide bonds. The highest BCUT2D eigenvalue weighted by molar-refractivity contribution is 8.13. The first-order chi connectivity index (χ1) is 6.41. The number of esters is 1. The normalized spacial score (nSPS) is 11.0. The number of hydrogen-bond acceptors (Lipinski definition) is 4. The van der Waals surface area contributed by atoms with Gasteiger partial charge in [0.25, 0.3) is 9.05 Å². The molecule has 1 aromatic carbocycles. The molecule has 0 aliphatic heterocycles. The molecular weight excluding hydrogens is 228 g/mol. The minimum Gasteiger partial charge on any atom is -0.425 e. The van der Waals surface area contributed by atoms with E-state index < -0.39 is 15.0 Å². The summed E-state index contributed by atoms with van der Waals surface area (Å²) in [6.45, 7) is 1.18. The molecule has 0 aliphatic rings. The molecule has 0 fully saturated rings. The Balaban J connectivity index is 3.23. The Kier molecular flexibility index (Phi) is 3.13. The van der Waals surface area contributed by atoms with E-state index in [2.05, 4.69) is 4.74 Å². The molecular formula is C8H7ClO4S. The van der Waals surface area contributed by atoms with Crippen LogP contribution in [-0.2, 0) is 13.8 Å². The summed E-state index contributed by atoms with van der Waals surface area (Å²) in [6, 6.07) is 5.66. The van der Waals surface area contributed by atoms with Crippen LogP contribution in [0.5, 0.6) is 5.75 Å². The Morgan fingerprint density at radius 3 is 2.43 bits per heavy atom. The van der Waals surface area contributed by atoms with Crippen molar-refractivity contribution in [3.63, 3.8) is 0 Å². The molecule has 0 unspecified atom stereocenters. The van der Waals surface area contributed by atoms with Gasteiger partial charge < -0.3 is 4.74 Å². The average molecular weight is 235 g/mol. The zero-order chi connectivity index (χ0) is 10.8. The average Bonchev–Trinajstić information content (AvgIpc) is 2.01. The monoisotopic (exact) mass is 234 g/mol. The molecule has 0 atom stereocenters. The van der Waals surface area contributed by atoms with Gasteiger partial charge in [-0.1, -0.05) is 12.1 Å². The van der Waals surface area contributed by atoms with Crippen LogP contribution in [0.15, 0.2) is 29.2 Å². The molecule has 76 valence electrons. The third-order valence-electron chi connectivity index (χ3n) is 1.37. The minimum absolute atomic E-state index is 0.0602. The first-order valence-corrected chi connectivity index (χ1v) is 5.94. The van der Waals surface area contributed by atoms with E-state index in [-0.39, 0.29) is 10.6 Å². The van der Waals surface area contributed by atoms with Crippen molar-refractivity contribution in [2.24, 2.45) is 0 Å². The van der Waals surface area contributed by atoms with Crippen molar-refractivity contribution in [2.75, 3.05) is 0 Å². The van der Waals surface area contributed by atoms with Gasteiger partial charge in [-0.15, -0.1) is 0 Å². The second kappa shape index (κ2) is 3.98. The highest BCUT2D eigenvalue weighted by atomic mass is 35.7. The van der Waals surface area contributed by atoms with E-state index in [0.29, 0.717) is 0 Å². The Morgan fingerprint density at radius 1 is 1.36 bits per heavy atom. The van der Waals surface area contributed by atoms with Gasteiger partial charge in [0, 0.05) is 17.6 Å². The number of benzene rings is 1. The minimum atomic E-state index is -3.88. The van der Waals surface area contributed by atoms with Crippen LogP contribution < -0.4 is 4.74 Å². The Labute approximate surface area is 85.9 Å². The standard InChI is InChI=1S/C8H7ClO4S/c1-6(10)13-7-4-2-3-5-8(7)14(9,11)12/h2-5H,1H3. The number of hydrogen-bond donors (Lipinski definition) is 0. The third kappa shape index (κ3) is 2.71. The topological polar surface area (TPSA) is 60.4 Å². The van der Waals surface area contributed by atoms with Crippen LogP contribution in [0.2, 0.25) is 0 Å². The largest absolute Gasteiger partial charge is 0.425 e. The quantitative estimate of drug-likeness (QED) is 0.442.